The summed E-state index contributed by atoms with van der Waals surface area (Å²) in [6, 6.07) is 3.86. The fraction of sp³-hybridized carbons (Fsp3) is 0.545. The number of hydrazine groups is 1. The summed E-state index contributed by atoms with van der Waals surface area (Å²) in [5.41, 5.74) is 3.59. The molecular weight excluding hydrogens is 202 g/mol. The van der Waals surface area contributed by atoms with Crippen molar-refractivity contribution < 1.29 is 0 Å². The van der Waals surface area contributed by atoms with E-state index in [-0.39, 0.29) is 0 Å². The molecule has 0 amide bonds. The largest absolute Gasteiger partial charge is 0.384 e. The zero-order chi connectivity index (χ0) is 11.2. The first-order chi connectivity index (χ1) is 7.88. The van der Waals surface area contributed by atoms with Crippen LogP contribution in [-0.4, -0.2) is 36.1 Å². The summed E-state index contributed by atoms with van der Waals surface area (Å²) in [7, 11) is 0. The van der Waals surface area contributed by atoms with Crippen LogP contribution < -0.4 is 16.6 Å². The van der Waals surface area contributed by atoms with Gasteiger partial charge >= 0.3 is 0 Å². The van der Waals surface area contributed by atoms with Gasteiger partial charge in [-0.2, -0.15) is 0 Å². The normalized spacial score (nSPS) is 16.3. The molecule has 0 bridgehead atoms. The Morgan fingerprint density at radius 3 is 2.94 bits per heavy atom. The molecule has 0 aromatic carbocycles. The third-order valence-corrected chi connectivity index (χ3v) is 2.86. The van der Waals surface area contributed by atoms with E-state index in [2.05, 4.69) is 20.6 Å². The van der Waals surface area contributed by atoms with E-state index in [0.29, 0.717) is 5.82 Å². The van der Waals surface area contributed by atoms with Gasteiger partial charge in [0.25, 0.3) is 0 Å². The molecule has 0 saturated carbocycles. The van der Waals surface area contributed by atoms with Gasteiger partial charge in [-0.05, 0) is 32.0 Å². The average molecular weight is 221 g/mol. The van der Waals surface area contributed by atoms with E-state index in [4.69, 9.17) is 5.84 Å². The summed E-state index contributed by atoms with van der Waals surface area (Å²) in [5, 5.41) is 3.37. The minimum absolute atomic E-state index is 0.686. The van der Waals surface area contributed by atoms with E-state index < -0.39 is 0 Å². The number of nitrogens with one attached hydrogen (secondary N) is 2. The highest BCUT2D eigenvalue weighted by molar-refractivity contribution is 5.51. The number of anilines is 2. The van der Waals surface area contributed by atoms with Crippen molar-refractivity contribution in [3.8, 4) is 0 Å². The minimum Gasteiger partial charge on any atom is -0.384 e. The van der Waals surface area contributed by atoms with Crippen molar-refractivity contribution in [3.05, 3.63) is 18.3 Å². The van der Waals surface area contributed by atoms with Crippen LogP contribution in [0.2, 0.25) is 0 Å². The van der Waals surface area contributed by atoms with Gasteiger partial charge in [0.1, 0.15) is 5.82 Å². The maximum absolute atomic E-state index is 5.30. The van der Waals surface area contributed by atoms with Crippen molar-refractivity contribution in [2.45, 2.75) is 12.8 Å². The van der Waals surface area contributed by atoms with Crippen LogP contribution in [0.3, 0.4) is 0 Å². The van der Waals surface area contributed by atoms with Crippen molar-refractivity contribution in [1.29, 1.82) is 0 Å². The number of likely N-dealkylation sites (tertiary alicyclic amines) is 1. The lowest BCUT2D eigenvalue weighted by Crippen LogP contribution is -2.26. The van der Waals surface area contributed by atoms with Gasteiger partial charge in [0, 0.05) is 31.0 Å². The second-order valence-electron chi connectivity index (χ2n) is 4.05. The Balaban J connectivity index is 1.75. The van der Waals surface area contributed by atoms with Crippen LogP contribution in [0, 0.1) is 0 Å². The highest BCUT2D eigenvalue weighted by atomic mass is 15.2. The molecule has 2 heterocycles. The minimum atomic E-state index is 0.686. The molecule has 0 aliphatic carbocycles. The van der Waals surface area contributed by atoms with Crippen LogP contribution in [0.1, 0.15) is 12.8 Å². The highest BCUT2D eigenvalue weighted by Crippen LogP contribution is 2.11. The van der Waals surface area contributed by atoms with Crippen molar-refractivity contribution in [1.82, 2.24) is 9.88 Å². The van der Waals surface area contributed by atoms with E-state index in [1.165, 1.54) is 25.9 Å². The van der Waals surface area contributed by atoms with Gasteiger partial charge in [-0.3, -0.25) is 0 Å². The number of pyridine rings is 1. The number of nitrogens with two attached hydrogens (primary N) is 1. The van der Waals surface area contributed by atoms with Crippen LogP contribution >= 0.6 is 0 Å². The maximum atomic E-state index is 5.30. The Labute approximate surface area is 96.0 Å². The summed E-state index contributed by atoms with van der Waals surface area (Å²) in [4.78, 5) is 6.54. The van der Waals surface area contributed by atoms with Gasteiger partial charge in [-0.25, -0.2) is 10.8 Å². The molecule has 1 saturated heterocycles. The van der Waals surface area contributed by atoms with E-state index in [0.717, 1.165) is 18.8 Å². The molecular formula is C11H19N5. The smallest absolute Gasteiger partial charge is 0.141 e. The van der Waals surface area contributed by atoms with Crippen molar-refractivity contribution >= 4 is 11.5 Å². The highest BCUT2D eigenvalue weighted by Gasteiger charge is 2.09. The quantitative estimate of drug-likeness (QED) is 0.508. The van der Waals surface area contributed by atoms with Gasteiger partial charge in [0.2, 0.25) is 0 Å². The lowest BCUT2D eigenvalue weighted by molar-refractivity contribution is 0.352. The summed E-state index contributed by atoms with van der Waals surface area (Å²) in [6.45, 7) is 4.56. The average Bonchev–Trinajstić information content (AvgIpc) is 2.82. The van der Waals surface area contributed by atoms with Crippen LogP contribution in [0.15, 0.2) is 18.3 Å². The number of nitrogens with zero attached hydrogens (tertiary/aromatic N) is 2. The Morgan fingerprint density at radius 2 is 2.19 bits per heavy atom. The zero-order valence-corrected chi connectivity index (χ0v) is 9.45. The van der Waals surface area contributed by atoms with E-state index in [9.17, 15) is 0 Å². The molecule has 88 valence electrons. The zero-order valence-electron chi connectivity index (χ0n) is 9.45. The first kappa shape index (κ1) is 11.2. The molecule has 1 aliphatic rings. The number of aromatic nitrogens is 1. The second kappa shape index (κ2) is 5.67. The molecule has 0 radical (unpaired) electrons. The van der Waals surface area contributed by atoms with Crippen LogP contribution in [0.4, 0.5) is 11.5 Å². The Morgan fingerprint density at radius 1 is 1.38 bits per heavy atom. The number of rotatable bonds is 5. The molecule has 1 aliphatic heterocycles. The second-order valence-corrected chi connectivity index (χ2v) is 4.05. The Hall–Kier alpha value is -1.33. The Bertz CT molecular complexity index is 322. The van der Waals surface area contributed by atoms with Gasteiger partial charge in [0.15, 0.2) is 0 Å². The molecule has 0 spiro atoms. The van der Waals surface area contributed by atoms with Crippen molar-refractivity contribution in [2.75, 3.05) is 36.9 Å². The van der Waals surface area contributed by atoms with Gasteiger partial charge in [-0.1, -0.05) is 0 Å². The molecule has 1 aromatic heterocycles. The van der Waals surface area contributed by atoms with E-state index in [1.807, 2.05) is 12.1 Å². The first-order valence-electron chi connectivity index (χ1n) is 5.77. The molecule has 16 heavy (non-hydrogen) atoms. The topological polar surface area (TPSA) is 66.2 Å². The summed E-state index contributed by atoms with van der Waals surface area (Å²) >= 11 is 0. The van der Waals surface area contributed by atoms with Crippen molar-refractivity contribution in [3.63, 3.8) is 0 Å². The van der Waals surface area contributed by atoms with Gasteiger partial charge in [0.05, 0.1) is 0 Å². The molecule has 1 aromatic rings. The fourth-order valence-electron chi connectivity index (χ4n) is 1.98. The van der Waals surface area contributed by atoms with Gasteiger partial charge < -0.3 is 15.6 Å². The van der Waals surface area contributed by atoms with E-state index >= 15 is 0 Å². The molecule has 0 unspecified atom stereocenters. The van der Waals surface area contributed by atoms with Crippen LogP contribution in [0.5, 0.6) is 0 Å². The summed E-state index contributed by atoms with van der Waals surface area (Å²) in [5.74, 6) is 5.98. The van der Waals surface area contributed by atoms with Gasteiger partial charge in [-0.15, -0.1) is 0 Å². The summed E-state index contributed by atoms with van der Waals surface area (Å²) in [6.07, 6.45) is 4.43. The monoisotopic (exact) mass is 221 g/mol. The predicted octanol–water partition coefficient (Wildman–Crippen LogP) is 0.875. The predicted molar refractivity (Wildman–Crippen MR) is 66.2 cm³/mol. The maximum Gasteiger partial charge on any atom is 0.141 e. The third kappa shape index (κ3) is 3.08. The number of nitrogen functional groups attached to an aromatic ring is 1. The third-order valence-electron chi connectivity index (χ3n) is 2.86. The molecule has 5 nitrogen and oxygen atoms in total. The summed E-state index contributed by atoms with van der Waals surface area (Å²) < 4.78 is 0. The molecule has 2 rings (SSSR count). The molecule has 0 atom stereocenters. The fourth-order valence-corrected chi connectivity index (χ4v) is 1.98. The molecule has 1 fully saturated rings. The molecule has 4 N–H and O–H groups in total. The lowest BCUT2D eigenvalue weighted by atomic mass is 10.4. The lowest BCUT2D eigenvalue weighted by Gasteiger charge is -2.15. The SMILES string of the molecule is NNc1cc(NCCN2CCCC2)ccn1. The first-order valence-corrected chi connectivity index (χ1v) is 5.77. The number of hydrogen-bond acceptors (Lipinski definition) is 5. The van der Waals surface area contributed by atoms with Crippen LogP contribution in [-0.2, 0) is 0 Å². The molecule has 5 heteroatoms. The van der Waals surface area contributed by atoms with E-state index in [1.54, 1.807) is 6.20 Å². The standard InChI is InChI=1S/C11H19N5/c12-15-11-9-10(3-4-14-11)13-5-8-16-6-1-2-7-16/h3-4,9H,1-2,5-8,12H2,(H2,13,14,15). The van der Waals surface area contributed by atoms with Crippen molar-refractivity contribution in [2.24, 2.45) is 5.84 Å². The Kier molecular flexibility index (Phi) is 3.96. The number of hydrogen-bond donors (Lipinski definition) is 3. The van der Waals surface area contributed by atoms with Crippen LogP contribution in [0.25, 0.3) is 0 Å².